The smallest absolute Gasteiger partial charge is 0.358 e. The van der Waals surface area contributed by atoms with Crippen LogP contribution in [0.1, 0.15) is 15.4 Å². The van der Waals surface area contributed by atoms with Crippen LogP contribution in [-0.2, 0) is 17.9 Å². The number of halogens is 1. The van der Waals surface area contributed by atoms with Crippen molar-refractivity contribution < 1.29 is 14.7 Å². The highest BCUT2D eigenvalue weighted by Gasteiger charge is 2.10. The fourth-order valence-corrected chi connectivity index (χ4v) is 2.34. The molecule has 7 nitrogen and oxygen atoms in total. The van der Waals surface area contributed by atoms with Gasteiger partial charge in [0, 0.05) is 4.88 Å². The number of aromatic carboxylic acids is 1. The molecule has 9 heteroatoms. The van der Waals surface area contributed by atoms with Gasteiger partial charge in [-0.3, -0.25) is 4.79 Å². The summed E-state index contributed by atoms with van der Waals surface area (Å²) in [6.45, 7) is 0.288. The predicted octanol–water partition coefficient (Wildman–Crippen LogP) is 1.01. The average molecular weight is 301 g/mol. The van der Waals surface area contributed by atoms with E-state index in [1.807, 2.05) is 6.07 Å². The lowest BCUT2D eigenvalue weighted by molar-refractivity contribution is -0.122. The Morgan fingerprint density at radius 3 is 2.84 bits per heavy atom. The highest BCUT2D eigenvalue weighted by Crippen LogP contribution is 2.20. The molecule has 2 rings (SSSR count). The molecule has 2 aromatic rings. The summed E-state index contributed by atoms with van der Waals surface area (Å²) >= 11 is 7.15. The lowest BCUT2D eigenvalue weighted by Crippen LogP contribution is -2.27. The third-order valence-corrected chi connectivity index (χ3v) is 3.38. The maximum Gasteiger partial charge on any atom is 0.358 e. The molecule has 0 aliphatic carbocycles. The predicted molar refractivity (Wildman–Crippen MR) is 68.2 cm³/mol. The van der Waals surface area contributed by atoms with E-state index in [4.69, 9.17) is 16.7 Å². The molecule has 2 aromatic heterocycles. The number of amides is 1. The molecule has 0 spiro atoms. The van der Waals surface area contributed by atoms with Crippen molar-refractivity contribution in [2.24, 2.45) is 0 Å². The Labute approximate surface area is 116 Å². The first-order valence-corrected chi connectivity index (χ1v) is 6.38. The number of carboxylic acid groups (broad SMARTS) is 1. The summed E-state index contributed by atoms with van der Waals surface area (Å²) in [5.41, 5.74) is -0.196. The largest absolute Gasteiger partial charge is 0.476 e. The van der Waals surface area contributed by atoms with E-state index in [1.54, 1.807) is 6.07 Å². The first-order valence-electron chi connectivity index (χ1n) is 5.19. The molecule has 2 heterocycles. The number of hydrogen-bond acceptors (Lipinski definition) is 5. The third-order valence-electron chi connectivity index (χ3n) is 2.15. The molecular formula is C10H9ClN4O3S. The number of nitrogens with one attached hydrogen (secondary N) is 1. The van der Waals surface area contributed by atoms with Crippen molar-refractivity contribution in [1.29, 1.82) is 0 Å². The Bertz CT molecular complexity index is 609. The Morgan fingerprint density at radius 2 is 2.26 bits per heavy atom. The van der Waals surface area contributed by atoms with Gasteiger partial charge in [0.05, 0.1) is 17.1 Å². The number of carbonyl (C=O) groups excluding carboxylic acids is 1. The molecule has 0 atom stereocenters. The highest BCUT2D eigenvalue weighted by atomic mass is 35.5. The van der Waals surface area contributed by atoms with Gasteiger partial charge < -0.3 is 10.4 Å². The number of carbonyl (C=O) groups is 2. The van der Waals surface area contributed by atoms with Crippen molar-refractivity contribution in [2.75, 3.05) is 0 Å². The molecule has 0 aromatic carbocycles. The summed E-state index contributed by atoms with van der Waals surface area (Å²) < 4.78 is 1.83. The van der Waals surface area contributed by atoms with Crippen LogP contribution in [0.2, 0.25) is 4.34 Å². The molecule has 100 valence electrons. The van der Waals surface area contributed by atoms with Gasteiger partial charge in [-0.1, -0.05) is 16.8 Å². The minimum atomic E-state index is -1.18. The summed E-state index contributed by atoms with van der Waals surface area (Å²) in [5, 5.41) is 18.3. The van der Waals surface area contributed by atoms with E-state index in [-0.39, 0.29) is 18.1 Å². The van der Waals surface area contributed by atoms with E-state index in [0.717, 1.165) is 4.88 Å². The van der Waals surface area contributed by atoms with Crippen LogP contribution < -0.4 is 5.32 Å². The second-order valence-corrected chi connectivity index (χ2v) is 5.39. The third kappa shape index (κ3) is 3.76. The fourth-order valence-electron chi connectivity index (χ4n) is 1.31. The van der Waals surface area contributed by atoms with E-state index in [0.29, 0.717) is 10.9 Å². The molecule has 0 saturated carbocycles. The molecule has 0 bridgehead atoms. The summed E-state index contributed by atoms with van der Waals surface area (Å²) in [4.78, 5) is 23.1. The van der Waals surface area contributed by atoms with E-state index >= 15 is 0 Å². The van der Waals surface area contributed by atoms with Crippen LogP contribution in [0.5, 0.6) is 0 Å². The van der Waals surface area contributed by atoms with Crippen LogP contribution in [0.25, 0.3) is 0 Å². The Morgan fingerprint density at radius 1 is 1.47 bits per heavy atom. The van der Waals surface area contributed by atoms with Gasteiger partial charge in [-0.05, 0) is 12.1 Å². The summed E-state index contributed by atoms with van der Waals surface area (Å²) in [6.07, 6.45) is 1.20. The van der Waals surface area contributed by atoms with Crippen molar-refractivity contribution >= 4 is 34.8 Å². The minimum absolute atomic E-state index is 0.0839. The van der Waals surface area contributed by atoms with Crippen LogP contribution in [-0.4, -0.2) is 32.0 Å². The zero-order valence-corrected chi connectivity index (χ0v) is 11.1. The molecular weight excluding hydrogens is 292 g/mol. The second-order valence-electron chi connectivity index (χ2n) is 3.59. The van der Waals surface area contributed by atoms with Gasteiger partial charge in [0.25, 0.3) is 0 Å². The Hall–Kier alpha value is -1.93. The van der Waals surface area contributed by atoms with Crippen molar-refractivity contribution in [3.8, 4) is 0 Å². The number of aromatic nitrogens is 3. The van der Waals surface area contributed by atoms with Crippen LogP contribution in [0, 0.1) is 0 Å². The van der Waals surface area contributed by atoms with E-state index in [1.165, 1.54) is 22.2 Å². The molecule has 0 aliphatic heterocycles. The second kappa shape index (κ2) is 5.81. The molecule has 1 amide bonds. The molecule has 0 fully saturated rings. The number of nitrogens with zero attached hydrogens (tertiary/aromatic N) is 3. The van der Waals surface area contributed by atoms with Gasteiger partial charge in [0.15, 0.2) is 5.69 Å². The molecule has 19 heavy (non-hydrogen) atoms. The number of thiophene rings is 1. The van der Waals surface area contributed by atoms with E-state index in [9.17, 15) is 9.59 Å². The van der Waals surface area contributed by atoms with Crippen molar-refractivity contribution in [2.45, 2.75) is 13.1 Å². The van der Waals surface area contributed by atoms with Gasteiger partial charge in [0.1, 0.15) is 6.54 Å². The standard InChI is InChI=1S/C10H9ClN4O3S/c11-8-2-1-6(19-8)3-12-9(16)5-15-4-7(10(17)18)13-14-15/h1-2,4H,3,5H2,(H,12,16)(H,17,18). The molecule has 0 radical (unpaired) electrons. The lowest BCUT2D eigenvalue weighted by atomic mass is 10.4. The van der Waals surface area contributed by atoms with Gasteiger partial charge in [-0.2, -0.15) is 0 Å². The van der Waals surface area contributed by atoms with Crippen LogP contribution in [0.15, 0.2) is 18.3 Å². The quantitative estimate of drug-likeness (QED) is 0.859. The fraction of sp³-hybridized carbons (Fsp3) is 0.200. The molecule has 0 unspecified atom stereocenters. The van der Waals surface area contributed by atoms with E-state index < -0.39 is 5.97 Å². The highest BCUT2D eigenvalue weighted by molar-refractivity contribution is 7.16. The summed E-state index contributed by atoms with van der Waals surface area (Å²) in [7, 11) is 0. The van der Waals surface area contributed by atoms with Crippen LogP contribution in [0.3, 0.4) is 0 Å². The molecule has 0 saturated heterocycles. The lowest BCUT2D eigenvalue weighted by Gasteiger charge is -2.02. The Kier molecular flexibility index (Phi) is 4.13. The van der Waals surface area contributed by atoms with Gasteiger partial charge in [0.2, 0.25) is 5.91 Å². The number of hydrogen-bond donors (Lipinski definition) is 2. The maximum absolute atomic E-state index is 11.6. The summed E-state index contributed by atoms with van der Waals surface area (Å²) in [5.74, 6) is -1.47. The average Bonchev–Trinajstić information content (AvgIpc) is 2.96. The van der Waals surface area contributed by atoms with Crippen molar-refractivity contribution in [3.63, 3.8) is 0 Å². The van der Waals surface area contributed by atoms with Crippen LogP contribution in [0.4, 0.5) is 0 Å². The van der Waals surface area contributed by atoms with Gasteiger partial charge >= 0.3 is 5.97 Å². The Balaban J connectivity index is 1.85. The first-order chi connectivity index (χ1) is 9.04. The topological polar surface area (TPSA) is 97.1 Å². The SMILES string of the molecule is O=C(Cn1cc(C(=O)O)nn1)NCc1ccc(Cl)s1. The minimum Gasteiger partial charge on any atom is -0.476 e. The normalized spacial score (nSPS) is 10.4. The summed E-state index contributed by atoms with van der Waals surface area (Å²) in [6, 6.07) is 3.58. The van der Waals surface area contributed by atoms with Gasteiger partial charge in [-0.25, -0.2) is 9.48 Å². The number of carboxylic acids is 1. The monoisotopic (exact) mass is 300 g/mol. The zero-order valence-electron chi connectivity index (χ0n) is 9.54. The van der Waals surface area contributed by atoms with E-state index in [2.05, 4.69) is 15.6 Å². The zero-order chi connectivity index (χ0) is 13.8. The van der Waals surface area contributed by atoms with Crippen LogP contribution >= 0.6 is 22.9 Å². The van der Waals surface area contributed by atoms with Gasteiger partial charge in [-0.15, -0.1) is 16.4 Å². The van der Waals surface area contributed by atoms with Crippen molar-refractivity contribution in [1.82, 2.24) is 20.3 Å². The number of rotatable bonds is 5. The first kappa shape index (κ1) is 13.5. The maximum atomic E-state index is 11.6. The molecule has 0 aliphatic rings. The van der Waals surface area contributed by atoms with Crippen molar-refractivity contribution in [3.05, 3.63) is 33.2 Å². The molecule has 2 N–H and O–H groups in total.